The number of carbonyl (C=O) groups excluding carboxylic acids is 2. The monoisotopic (exact) mass is 419 g/mol. The number of piperidine rings is 2. The quantitative estimate of drug-likeness (QED) is 0.762. The molecule has 2 saturated heterocycles. The molecule has 29 heavy (non-hydrogen) atoms. The standard InChI is InChI=1S/C23H34ClN3O2/c1-17(2)7-12-25-22(28)18-8-13-26(14-9-18)21-10-15-27(16-11-21)23(29)19-3-5-20(24)6-4-19/h3-6,17-18,21H,7-16H2,1-2H3,(H,25,28). The number of amides is 2. The van der Waals surface area contributed by atoms with Crippen molar-refractivity contribution in [2.45, 2.75) is 52.0 Å². The zero-order valence-corrected chi connectivity index (χ0v) is 18.5. The van der Waals surface area contributed by atoms with Gasteiger partial charge in [0.05, 0.1) is 0 Å². The lowest BCUT2D eigenvalue weighted by atomic mass is 9.92. The van der Waals surface area contributed by atoms with E-state index >= 15 is 0 Å². The van der Waals surface area contributed by atoms with Crippen molar-refractivity contribution >= 4 is 23.4 Å². The molecule has 0 spiro atoms. The van der Waals surface area contributed by atoms with E-state index in [0.29, 0.717) is 22.5 Å². The summed E-state index contributed by atoms with van der Waals surface area (Å²) in [6.07, 6.45) is 4.93. The van der Waals surface area contributed by atoms with Crippen LogP contribution in [0.25, 0.3) is 0 Å². The van der Waals surface area contributed by atoms with Crippen LogP contribution < -0.4 is 5.32 Å². The number of rotatable bonds is 6. The molecule has 2 amide bonds. The molecule has 0 unspecified atom stereocenters. The van der Waals surface area contributed by atoms with Crippen molar-refractivity contribution in [2.24, 2.45) is 11.8 Å². The van der Waals surface area contributed by atoms with Gasteiger partial charge < -0.3 is 15.1 Å². The molecule has 1 aromatic rings. The highest BCUT2D eigenvalue weighted by atomic mass is 35.5. The van der Waals surface area contributed by atoms with Gasteiger partial charge in [0, 0.05) is 42.2 Å². The second kappa shape index (κ2) is 10.4. The second-order valence-corrected chi connectivity index (χ2v) is 9.25. The third kappa shape index (κ3) is 6.19. The van der Waals surface area contributed by atoms with Gasteiger partial charge in [-0.3, -0.25) is 9.59 Å². The van der Waals surface area contributed by atoms with Crippen molar-refractivity contribution in [1.29, 1.82) is 0 Å². The summed E-state index contributed by atoms with van der Waals surface area (Å²) < 4.78 is 0. The summed E-state index contributed by atoms with van der Waals surface area (Å²) >= 11 is 5.92. The fraction of sp³-hybridized carbons (Fsp3) is 0.652. The van der Waals surface area contributed by atoms with Gasteiger partial charge in [-0.15, -0.1) is 0 Å². The van der Waals surface area contributed by atoms with Gasteiger partial charge in [0.25, 0.3) is 5.91 Å². The van der Waals surface area contributed by atoms with E-state index in [-0.39, 0.29) is 17.7 Å². The number of hydrogen-bond acceptors (Lipinski definition) is 3. The zero-order chi connectivity index (χ0) is 20.8. The summed E-state index contributed by atoms with van der Waals surface area (Å²) in [7, 11) is 0. The van der Waals surface area contributed by atoms with Crippen LogP contribution in [0.15, 0.2) is 24.3 Å². The Balaban J connectivity index is 1.40. The third-order valence-electron chi connectivity index (χ3n) is 6.28. The molecule has 2 aliphatic rings. The average molecular weight is 420 g/mol. The minimum Gasteiger partial charge on any atom is -0.356 e. The number of carbonyl (C=O) groups is 2. The Morgan fingerprint density at radius 3 is 2.24 bits per heavy atom. The maximum atomic E-state index is 12.7. The first kappa shape index (κ1) is 22.1. The summed E-state index contributed by atoms with van der Waals surface area (Å²) in [5.41, 5.74) is 0.706. The summed E-state index contributed by atoms with van der Waals surface area (Å²) in [5.74, 6) is 1.10. The van der Waals surface area contributed by atoms with E-state index in [4.69, 9.17) is 11.6 Å². The summed E-state index contributed by atoms with van der Waals surface area (Å²) in [6.45, 7) is 8.70. The molecule has 2 heterocycles. The van der Waals surface area contributed by atoms with Crippen LogP contribution in [-0.2, 0) is 4.79 Å². The Morgan fingerprint density at radius 1 is 1.03 bits per heavy atom. The lowest BCUT2D eigenvalue weighted by Crippen LogP contribution is -2.50. The van der Waals surface area contributed by atoms with Gasteiger partial charge in [-0.2, -0.15) is 0 Å². The first-order valence-electron chi connectivity index (χ1n) is 11.0. The van der Waals surface area contributed by atoms with Gasteiger partial charge in [-0.05, 0) is 75.4 Å². The van der Waals surface area contributed by atoms with E-state index in [9.17, 15) is 9.59 Å². The predicted molar refractivity (Wildman–Crippen MR) is 117 cm³/mol. The predicted octanol–water partition coefficient (Wildman–Crippen LogP) is 3.82. The fourth-order valence-corrected chi connectivity index (χ4v) is 4.49. The molecule has 2 fully saturated rings. The number of hydrogen-bond donors (Lipinski definition) is 1. The van der Waals surface area contributed by atoms with Crippen molar-refractivity contribution in [1.82, 2.24) is 15.1 Å². The molecule has 160 valence electrons. The maximum absolute atomic E-state index is 12.7. The molecule has 1 N–H and O–H groups in total. The van der Waals surface area contributed by atoms with Crippen molar-refractivity contribution in [3.63, 3.8) is 0 Å². The molecule has 0 aliphatic carbocycles. The minimum atomic E-state index is 0.0943. The van der Waals surface area contributed by atoms with Crippen molar-refractivity contribution in [2.75, 3.05) is 32.7 Å². The first-order valence-corrected chi connectivity index (χ1v) is 11.4. The van der Waals surface area contributed by atoms with Crippen LogP contribution >= 0.6 is 11.6 Å². The maximum Gasteiger partial charge on any atom is 0.253 e. The van der Waals surface area contributed by atoms with E-state index in [2.05, 4.69) is 24.1 Å². The Morgan fingerprint density at radius 2 is 1.66 bits per heavy atom. The van der Waals surface area contributed by atoms with E-state index in [1.807, 2.05) is 4.90 Å². The summed E-state index contributed by atoms with van der Waals surface area (Å²) in [6, 6.07) is 7.66. The summed E-state index contributed by atoms with van der Waals surface area (Å²) in [5, 5.41) is 3.76. The number of nitrogens with one attached hydrogen (secondary N) is 1. The van der Waals surface area contributed by atoms with E-state index in [1.54, 1.807) is 24.3 Å². The number of halogens is 1. The number of benzene rings is 1. The van der Waals surface area contributed by atoms with Crippen LogP contribution in [0.5, 0.6) is 0 Å². The van der Waals surface area contributed by atoms with Gasteiger partial charge in [0.2, 0.25) is 5.91 Å². The number of nitrogens with zero attached hydrogens (tertiary/aromatic N) is 2. The van der Waals surface area contributed by atoms with E-state index in [0.717, 1.165) is 64.8 Å². The largest absolute Gasteiger partial charge is 0.356 e. The van der Waals surface area contributed by atoms with Gasteiger partial charge >= 0.3 is 0 Å². The highest BCUT2D eigenvalue weighted by Crippen LogP contribution is 2.25. The zero-order valence-electron chi connectivity index (χ0n) is 17.7. The Kier molecular flexibility index (Phi) is 7.96. The molecular formula is C23H34ClN3O2. The highest BCUT2D eigenvalue weighted by molar-refractivity contribution is 6.30. The lowest BCUT2D eigenvalue weighted by Gasteiger charge is -2.41. The lowest BCUT2D eigenvalue weighted by molar-refractivity contribution is -0.126. The molecule has 3 rings (SSSR count). The van der Waals surface area contributed by atoms with Crippen molar-refractivity contribution < 1.29 is 9.59 Å². The highest BCUT2D eigenvalue weighted by Gasteiger charge is 2.31. The SMILES string of the molecule is CC(C)CCNC(=O)C1CCN(C2CCN(C(=O)c3ccc(Cl)cc3)CC2)CC1. The van der Waals surface area contributed by atoms with Crippen LogP contribution in [0.2, 0.25) is 5.02 Å². The van der Waals surface area contributed by atoms with Crippen LogP contribution in [0, 0.1) is 11.8 Å². The smallest absolute Gasteiger partial charge is 0.253 e. The van der Waals surface area contributed by atoms with Gasteiger partial charge in [-0.25, -0.2) is 0 Å². The molecule has 0 atom stereocenters. The van der Waals surface area contributed by atoms with E-state index in [1.165, 1.54) is 0 Å². The molecule has 0 aromatic heterocycles. The molecule has 6 heteroatoms. The molecule has 5 nitrogen and oxygen atoms in total. The van der Waals surface area contributed by atoms with Gasteiger partial charge in [0.15, 0.2) is 0 Å². The molecular weight excluding hydrogens is 386 g/mol. The third-order valence-corrected chi connectivity index (χ3v) is 6.53. The molecule has 0 bridgehead atoms. The normalized spacial score (nSPS) is 19.5. The minimum absolute atomic E-state index is 0.0943. The molecule has 0 saturated carbocycles. The van der Waals surface area contributed by atoms with Crippen molar-refractivity contribution in [3.8, 4) is 0 Å². The van der Waals surface area contributed by atoms with Crippen LogP contribution in [0.1, 0.15) is 56.3 Å². The Labute approximate surface area is 179 Å². The first-order chi connectivity index (χ1) is 13.9. The molecule has 2 aliphatic heterocycles. The molecule has 1 aromatic carbocycles. The van der Waals surface area contributed by atoms with Gasteiger partial charge in [-0.1, -0.05) is 25.4 Å². The van der Waals surface area contributed by atoms with Crippen LogP contribution in [0.3, 0.4) is 0 Å². The van der Waals surface area contributed by atoms with Crippen molar-refractivity contribution in [3.05, 3.63) is 34.9 Å². The molecule has 0 radical (unpaired) electrons. The average Bonchev–Trinajstić information content (AvgIpc) is 2.74. The van der Waals surface area contributed by atoms with Gasteiger partial charge in [0.1, 0.15) is 0 Å². The van der Waals surface area contributed by atoms with E-state index < -0.39 is 0 Å². The topological polar surface area (TPSA) is 52.7 Å². The Bertz CT molecular complexity index is 676. The van der Waals surface area contributed by atoms with Crippen LogP contribution in [0.4, 0.5) is 0 Å². The number of likely N-dealkylation sites (tertiary alicyclic amines) is 2. The van der Waals surface area contributed by atoms with Crippen LogP contribution in [-0.4, -0.2) is 60.4 Å². The second-order valence-electron chi connectivity index (χ2n) is 8.81. The fourth-order valence-electron chi connectivity index (χ4n) is 4.36. The Hall–Kier alpha value is -1.59. The summed E-state index contributed by atoms with van der Waals surface area (Å²) in [4.78, 5) is 29.5.